The summed E-state index contributed by atoms with van der Waals surface area (Å²) in [4.78, 5) is 61.9. The van der Waals surface area contributed by atoms with Gasteiger partial charge in [-0.15, -0.1) is 0 Å². The van der Waals surface area contributed by atoms with Crippen LogP contribution in [-0.2, 0) is 46.3 Å². The van der Waals surface area contributed by atoms with E-state index < -0.39 is 89.8 Å². The van der Waals surface area contributed by atoms with Crippen molar-refractivity contribution >= 4 is 33.4 Å². The first-order valence-corrected chi connectivity index (χ1v) is 28.4. The molecule has 1 fully saturated rings. The molecule has 1 aromatic heterocycles. The van der Waals surface area contributed by atoms with Crippen molar-refractivity contribution in [2.75, 3.05) is 25.6 Å². The van der Waals surface area contributed by atoms with Crippen LogP contribution in [0.5, 0.6) is 0 Å². The van der Waals surface area contributed by atoms with Crippen molar-refractivity contribution in [3.05, 3.63) is 95.7 Å². The van der Waals surface area contributed by atoms with Crippen molar-refractivity contribution in [3.63, 3.8) is 0 Å². The van der Waals surface area contributed by atoms with Gasteiger partial charge < -0.3 is 45.1 Å². The highest BCUT2D eigenvalue weighted by Gasteiger charge is 2.46. The molecule has 0 bridgehead atoms. The summed E-state index contributed by atoms with van der Waals surface area (Å²) in [5.74, 6) is -0.683. The molecule has 21 heteroatoms. The van der Waals surface area contributed by atoms with Crippen LogP contribution >= 0.6 is 15.6 Å². The van der Waals surface area contributed by atoms with E-state index in [0.717, 1.165) is 55.2 Å². The smallest absolute Gasteiger partial charge is 0.462 e. The number of carbonyl (C=O) groups is 2. The van der Waals surface area contributed by atoms with E-state index >= 15 is 0 Å². The molecule has 2 heterocycles. The van der Waals surface area contributed by atoms with Gasteiger partial charge in [0.2, 0.25) is 0 Å². The van der Waals surface area contributed by atoms with E-state index in [9.17, 15) is 48.6 Å². The number of nitrogens with two attached hydrogens (primary N) is 1. The number of hydrogen-bond acceptors (Lipinski definition) is 16. The summed E-state index contributed by atoms with van der Waals surface area (Å²) in [6.07, 6.45) is 33.2. The Morgan fingerprint density at radius 2 is 1.38 bits per heavy atom. The minimum Gasteiger partial charge on any atom is -0.462 e. The first kappa shape index (κ1) is 64.3. The van der Waals surface area contributed by atoms with Crippen LogP contribution in [0.4, 0.5) is 5.82 Å². The molecule has 0 radical (unpaired) electrons. The van der Waals surface area contributed by atoms with Crippen molar-refractivity contribution in [3.8, 4) is 0 Å². The van der Waals surface area contributed by atoms with E-state index in [1.54, 1.807) is 6.08 Å². The highest BCUT2D eigenvalue weighted by molar-refractivity contribution is 7.61. The fourth-order valence-corrected chi connectivity index (χ4v) is 9.25. The molecule has 1 saturated heterocycles. The molecular weight excluding hydrogens is 973 g/mol. The minimum atomic E-state index is -5.45. The van der Waals surface area contributed by atoms with Gasteiger partial charge in [0.1, 0.15) is 30.7 Å². The van der Waals surface area contributed by atoms with Gasteiger partial charge in [0.25, 0.3) is 0 Å². The third kappa shape index (κ3) is 31.0. The predicted molar refractivity (Wildman–Crippen MR) is 276 cm³/mol. The fraction of sp³-hybridized carbons (Fsp3) is 0.647. The van der Waals surface area contributed by atoms with Crippen LogP contribution < -0.4 is 11.4 Å². The number of aliphatic hydroxyl groups excluding tert-OH is 3. The number of allylic oxidation sites excluding steroid dienone is 10. The summed E-state index contributed by atoms with van der Waals surface area (Å²) in [5, 5.41) is 30.9. The maximum absolute atomic E-state index is 12.9. The summed E-state index contributed by atoms with van der Waals surface area (Å²) in [6, 6.07) is 1.24. The molecule has 408 valence electrons. The number of aliphatic hydroxyl groups is 3. The lowest BCUT2D eigenvalue weighted by Crippen LogP contribution is -2.36. The van der Waals surface area contributed by atoms with Gasteiger partial charge >= 0.3 is 33.3 Å². The number of phosphoric acid groups is 2. The Balaban J connectivity index is 1.84. The molecule has 0 aliphatic carbocycles. The van der Waals surface area contributed by atoms with Crippen LogP contribution in [0.2, 0.25) is 0 Å². The number of esters is 2. The SMILES string of the molecule is CC/C=C\C/C=C\CC(O)/C=C/C=C\C/C=C\C/C=C\CCC(=O)OC[C@H](COP(=O)(O)OP(=O)(O)OC[C@H]1O[C@@H](n2ccc(N)nc2=O)[C@H](O)[C@@H]1O)OC(=O)CCCCCCCCCCCCCC(C)C. The highest BCUT2D eigenvalue weighted by atomic mass is 31.3. The molecule has 0 amide bonds. The van der Waals surface area contributed by atoms with Gasteiger partial charge in [-0.3, -0.25) is 23.2 Å². The molecule has 0 aromatic carbocycles. The Morgan fingerprint density at radius 3 is 2.03 bits per heavy atom. The summed E-state index contributed by atoms with van der Waals surface area (Å²) in [7, 11) is -10.9. The first-order chi connectivity index (χ1) is 34.4. The van der Waals surface area contributed by atoms with Crippen molar-refractivity contribution in [1.29, 1.82) is 0 Å². The zero-order valence-corrected chi connectivity index (χ0v) is 44.3. The molecule has 0 spiro atoms. The lowest BCUT2D eigenvalue weighted by Gasteiger charge is -2.21. The van der Waals surface area contributed by atoms with E-state index in [1.165, 1.54) is 51.0 Å². The second-order valence-electron chi connectivity index (χ2n) is 18.0. The average molecular weight is 1060 g/mol. The van der Waals surface area contributed by atoms with Crippen LogP contribution in [0, 0.1) is 5.92 Å². The zero-order valence-electron chi connectivity index (χ0n) is 42.5. The van der Waals surface area contributed by atoms with Gasteiger partial charge in [0, 0.05) is 19.0 Å². The average Bonchev–Trinajstić information content (AvgIpc) is 3.60. The van der Waals surface area contributed by atoms with Crippen molar-refractivity contribution in [1.82, 2.24) is 9.55 Å². The summed E-state index contributed by atoms with van der Waals surface area (Å²) >= 11 is 0. The summed E-state index contributed by atoms with van der Waals surface area (Å²) < 4.78 is 56.7. The molecule has 19 nitrogen and oxygen atoms in total. The number of anilines is 1. The van der Waals surface area contributed by atoms with Crippen molar-refractivity contribution in [2.45, 2.75) is 186 Å². The van der Waals surface area contributed by atoms with E-state index in [1.807, 2.05) is 54.7 Å². The van der Waals surface area contributed by atoms with E-state index in [2.05, 4.69) is 42.2 Å². The Morgan fingerprint density at radius 1 is 0.778 bits per heavy atom. The third-order valence-corrected chi connectivity index (χ3v) is 13.7. The first-order valence-electron chi connectivity index (χ1n) is 25.4. The number of rotatable bonds is 40. The van der Waals surface area contributed by atoms with Crippen LogP contribution in [0.15, 0.2) is 90.0 Å². The molecule has 8 atom stereocenters. The second kappa shape index (κ2) is 37.8. The third-order valence-electron chi connectivity index (χ3n) is 11.1. The Hall–Kier alpha value is -3.84. The molecule has 1 aliphatic rings. The number of phosphoric ester groups is 2. The molecule has 0 saturated carbocycles. The second-order valence-corrected chi connectivity index (χ2v) is 21.0. The fourth-order valence-electron chi connectivity index (χ4n) is 7.14. The van der Waals surface area contributed by atoms with Gasteiger partial charge in [-0.1, -0.05) is 164 Å². The molecule has 2 rings (SSSR count). The van der Waals surface area contributed by atoms with Gasteiger partial charge in [-0.2, -0.15) is 9.29 Å². The van der Waals surface area contributed by atoms with Crippen LogP contribution in [0.25, 0.3) is 0 Å². The maximum Gasteiger partial charge on any atom is 0.481 e. The predicted octanol–water partition coefficient (Wildman–Crippen LogP) is 9.33. The highest BCUT2D eigenvalue weighted by Crippen LogP contribution is 2.60. The number of carbonyl (C=O) groups excluding carboxylic acids is 2. The van der Waals surface area contributed by atoms with E-state index in [4.69, 9.17) is 29.0 Å². The van der Waals surface area contributed by atoms with Gasteiger partial charge in [0.15, 0.2) is 12.3 Å². The number of unbranched alkanes of at least 4 members (excludes halogenated alkanes) is 10. The molecule has 72 heavy (non-hydrogen) atoms. The monoisotopic (exact) mass is 1060 g/mol. The van der Waals surface area contributed by atoms with E-state index in [-0.39, 0.29) is 18.7 Å². The van der Waals surface area contributed by atoms with Crippen LogP contribution in [-0.4, -0.2) is 96.9 Å². The lowest BCUT2D eigenvalue weighted by molar-refractivity contribution is -0.161. The Kier molecular flexibility index (Phi) is 33.8. The number of aromatic nitrogens is 2. The minimum absolute atomic E-state index is 0.0223. The van der Waals surface area contributed by atoms with Crippen molar-refractivity contribution in [2.24, 2.45) is 5.92 Å². The molecule has 7 N–H and O–H groups in total. The lowest BCUT2D eigenvalue weighted by atomic mass is 10.0. The van der Waals surface area contributed by atoms with Gasteiger partial charge in [-0.05, 0) is 56.9 Å². The summed E-state index contributed by atoms with van der Waals surface area (Å²) in [6.45, 7) is 4.17. The van der Waals surface area contributed by atoms with Gasteiger partial charge in [0.05, 0.1) is 19.3 Å². The summed E-state index contributed by atoms with van der Waals surface area (Å²) in [5.41, 5.74) is 4.58. The number of nitrogens with zero attached hydrogens (tertiary/aromatic N) is 2. The van der Waals surface area contributed by atoms with E-state index in [0.29, 0.717) is 32.1 Å². The Bertz CT molecular complexity index is 2020. The number of nitrogen functional groups attached to an aromatic ring is 1. The Labute approximate surface area is 426 Å². The van der Waals surface area contributed by atoms with Crippen LogP contribution in [0.3, 0.4) is 0 Å². The molecular formula is C51H83N3O16P2. The quantitative estimate of drug-likeness (QED) is 0.0117. The molecule has 1 aliphatic heterocycles. The largest absolute Gasteiger partial charge is 0.481 e. The standard InChI is InChI=1S/C51H83N3O16P2/c1-4-5-6-7-22-27-32-42(55)33-28-23-18-14-11-12-15-19-24-29-34-46(56)65-38-43(68-47(57)35-30-25-20-16-10-8-9-13-17-21-26-31-41(2)3)39-66-71(61,62)70-72(63,64)67-40-44-48(58)49(59)50(69-44)54-37-36-45(52)53-51(54)60/h5-6,11-12,18-19,22-24,27-28,33,36-37,41-44,48-50,55,58-59H,4,7-10,13-17,20-21,25-26,29-32,34-35,38-40H2,1-3H3,(H,61,62)(H,63,64)(H2,52,53,60)/b6-5-,12-11-,23-18-,24-19-,27-22-,33-28+/t42?,43-,44-,48-,49-,50-/m1/s1. The maximum atomic E-state index is 12.9. The topological polar surface area (TPSA) is 286 Å². The van der Waals surface area contributed by atoms with Crippen LogP contribution in [0.1, 0.15) is 155 Å². The molecule has 3 unspecified atom stereocenters. The number of hydrogen-bond donors (Lipinski definition) is 6. The van der Waals surface area contributed by atoms with Gasteiger partial charge in [-0.25, -0.2) is 13.9 Å². The normalized spacial score (nSPS) is 20.2. The number of ether oxygens (including phenoxy) is 3. The van der Waals surface area contributed by atoms with Crippen molar-refractivity contribution < 1.29 is 71.4 Å². The zero-order chi connectivity index (χ0) is 53.0. The molecule has 1 aromatic rings.